The number of rotatable bonds is 8. The number of hydrogen-bond acceptors (Lipinski definition) is 11. The number of hydrogen-bond donors (Lipinski definition) is 6. The van der Waals surface area contributed by atoms with E-state index < -0.39 is 79.2 Å². The van der Waals surface area contributed by atoms with Gasteiger partial charge in [-0.3, -0.25) is 9.59 Å². The van der Waals surface area contributed by atoms with Gasteiger partial charge in [0.05, 0.1) is 12.1 Å². The first-order valence-corrected chi connectivity index (χ1v) is 8.57. The molecule has 166 valence electrons. The summed E-state index contributed by atoms with van der Waals surface area (Å²) in [5, 5.41) is 51.6. The maximum atomic E-state index is 11.4. The lowest BCUT2D eigenvalue weighted by Gasteiger charge is -2.45. The summed E-state index contributed by atoms with van der Waals surface area (Å²) >= 11 is 0. The van der Waals surface area contributed by atoms with E-state index in [0.717, 1.165) is 20.8 Å². The van der Waals surface area contributed by atoms with Crippen molar-refractivity contribution in [3.8, 4) is 0 Å². The minimum Gasteiger partial charge on any atom is -0.477 e. The van der Waals surface area contributed by atoms with Crippen LogP contribution in [0.4, 0.5) is 0 Å². The molecule has 0 aromatic rings. The van der Waals surface area contributed by atoms with E-state index in [4.69, 9.17) is 24.4 Å². The molecule has 13 heteroatoms. The van der Waals surface area contributed by atoms with Crippen molar-refractivity contribution in [3.05, 3.63) is 0 Å². The average molecular weight is 423 g/mol. The normalized spacial score (nSPS) is 29.8. The maximum Gasteiger partial charge on any atom is 0.364 e. The van der Waals surface area contributed by atoms with Crippen molar-refractivity contribution in [2.75, 3.05) is 6.61 Å². The standard InChI is InChI=1S/C16H25NO12/c1-6(18)14(23)27-5-10(28-8(3)20)12(22)13-11(17-7(2)19)9(21)4-16(26,29-13)15(24)25/h6,9-13,18,21-22,26H,4-5H2,1-3H3,(H,17,19)(H,24,25)/t6?,9-,10+,11+,12+,13+,16?/m0/s1. The van der Waals surface area contributed by atoms with Gasteiger partial charge in [-0.15, -0.1) is 0 Å². The fraction of sp³-hybridized carbons (Fsp3) is 0.750. The first kappa shape index (κ1) is 24.7. The predicted octanol–water partition coefficient (Wildman–Crippen LogP) is -3.37. The average Bonchev–Trinajstić information content (AvgIpc) is 2.59. The van der Waals surface area contributed by atoms with Crippen LogP contribution < -0.4 is 5.32 Å². The fourth-order valence-corrected chi connectivity index (χ4v) is 2.72. The second kappa shape index (κ2) is 9.93. The van der Waals surface area contributed by atoms with Gasteiger partial charge in [0.1, 0.15) is 24.9 Å². The highest BCUT2D eigenvalue weighted by Gasteiger charge is 2.54. The summed E-state index contributed by atoms with van der Waals surface area (Å²) in [5.41, 5.74) is 0. The lowest BCUT2D eigenvalue weighted by Crippen LogP contribution is -2.67. The Kier molecular flexibility index (Phi) is 8.47. The van der Waals surface area contributed by atoms with E-state index in [9.17, 15) is 34.5 Å². The smallest absolute Gasteiger partial charge is 0.364 e. The van der Waals surface area contributed by atoms with Crippen molar-refractivity contribution in [1.29, 1.82) is 0 Å². The van der Waals surface area contributed by atoms with Gasteiger partial charge >= 0.3 is 17.9 Å². The molecule has 1 heterocycles. The van der Waals surface area contributed by atoms with Crippen LogP contribution in [0.15, 0.2) is 0 Å². The van der Waals surface area contributed by atoms with E-state index in [1.165, 1.54) is 0 Å². The van der Waals surface area contributed by atoms with Crippen LogP contribution in [0.3, 0.4) is 0 Å². The first-order chi connectivity index (χ1) is 13.3. The van der Waals surface area contributed by atoms with Crippen LogP contribution in [0, 0.1) is 0 Å². The molecule has 0 aromatic carbocycles. The molecule has 1 aliphatic rings. The summed E-state index contributed by atoms with van der Waals surface area (Å²) in [6.07, 6.45) is -9.38. The number of amides is 1. The van der Waals surface area contributed by atoms with E-state index in [2.05, 4.69) is 5.32 Å². The van der Waals surface area contributed by atoms with Crippen LogP contribution >= 0.6 is 0 Å². The zero-order valence-corrected chi connectivity index (χ0v) is 16.0. The van der Waals surface area contributed by atoms with Gasteiger partial charge < -0.3 is 45.1 Å². The van der Waals surface area contributed by atoms with E-state index in [1.54, 1.807) is 0 Å². The molecule has 7 atom stereocenters. The number of nitrogens with one attached hydrogen (secondary N) is 1. The maximum absolute atomic E-state index is 11.4. The van der Waals surface area contributed by atoms with Gasteiger partial charge in [-0.05, 0) is 6.92 Å². The Labute approximate surface area is 165 Å². The number of carbonyl (C=O) groups is 4. The summed E-state index contributed by atoms with van der Waals surface area (Å²) in [6.45, 7) is 2.41. The van der Waals surface area contributed by atoms with Crippen LogP contribution in [0.1, 0.15) is 27.2 Å². The molecule has 13 nitrogen and oxygen atoms in total. The number of carboxylic acid groups (broad SMARTS) is 1. The lowest BCUT2D eigenvalue weighted by atomic mass is 9.88. The summed E-state index contributed by atoms with van der Waals surface area (Å²) in [4.78, 5) is 45.6. The molecular weight excluding hydrogens is 398 g/mol. The van der Waals surface area contributed by atoms with Crippen molar-refractivity contribution in [3.63, 3.8) is 0 Å². The summed E-state index contributed by atoms with van der Waals surface area (Å²) in [5.74, 6) is -7.45. The van der Waals surface area contributed by atoms with E-state index >= 15 is 0 Å². The van der Waals surface area contributed by atoms with Crippen molar-refractivity contribution in [2.45, 2.75) is 69.5 Å². The van der Waals surface area contributed by atoms with Gasteiger partial charge in [-0.1, -0.05) is 0 Å². The Balaban J connectivity index is 3.17. The molecule has 0 aromatic heterocycles. The Hall–Kier alpha value is -2.32. The second-order valence-corrected chi connectivity index (χ2v) is 6.61. The van der Waals surface area contributed by atoms with Crippen LogP contribution in [0.5, 0.6) is 0 Å². The van der Waals surface area contributed by atoms with Gasteiger partial charge in [-0.25, -0.2) is 9.59 Å². The molecule has 0 bridgehead atoms. The SMILES string of the molecule is CC(=O)N[C@H]1[C@H]([C@H](O)[C@@H](COC(=O)C(C)O)OC(C)=O)OC(O)(C(=O)O)C[C@@H]1O. The highest BCUT2D eigenvalue weighted by Crippen LogP contribution is 2.31. The fourth-order valence-electron chi connectivity index (χ4n) is 2.72. The summed E-state index contributed by atoms with van der Waals surface area (Å²) in [7, 11) is 0. The summed E-state index contributed by atoms with van der Waals surface area (Å²) in [6, 6.07) is -1.40. The molecule has 0 saturated carbocycles. The van der Waals surface area contributed by atoms with Crippen LogP contribution in [0.2, 0.25) is 0 Å². The Morgan fingerprint density at radius 1 is 1.24 bits per heavy atom. The van der Waals surface area contributed by atoms with Gasteiger partial charge in [-0.2, -0.15) is 0 Å². The molecule has 1 saturated heterocycles. The first-order valence-electron chi connectivity index (χ1n) is 8.57. The molecule has 0 aliphatic carbocycles. The van der Waals surface area contributed by atoms with Crippen molar-refractivity contribution in [2.24, 2.45) is 0 Å². The third-order valence-corrected chi connectivity index (χ3v) is 4.06. The minimum absolute atomic E-state index is 0.666. The molecule has 1 rings (SSSR count). The quantitative estimate of drug-likeness (QED) is 0.211. The number of carboxylic acids is 1. The molecule has 2 unspecified atom stereocenters. The Morgan fingerprint density at radius 3 is 2.28 bits per heavy atom. The molecule has 29 heavy (non-hydrogen) atoms. The van der Waals surface area contributed by atoms with Gasteiger partial charge in [0.15, 0.2) is 6.10 Å². The number of aliphatic carboxylic acids is 1. The molecule has 6 N–H and O–H groups in total. The van der Waals surface area contributed by atoms with Crippen molar-refractivity contribution < 1.29 is 58.9 Å². The Bertz CT molecular complexity index is 637. The third kappa shape index (κ3) is 6.61. The number of aliphatic hydroxyl groups is 4. The van der Waals surface area contributed by atoms with Gasteiger partial charge in [0.25, 0.3) is 5.79 Å². The van der Waals surface area contributed by atoms with E-state index in [0.29, 0.717) is 0 Å². The summed E-state index contributed by atoms with van der Waals surface area (Å²) < 4.78 is 14.6. The number of aliphatic hydroxyl groups excluding tert-OH is 3. The molecular formula is C16H25NO12. The van der Waals surface area contributed by atoms with Gasteiger partial charge in [0.2, 0.25) is 5.91 Å². The highest BCUT2D eigenvalue weighted by molar-refractivity contribution is 5.76. The topological polar surface area (TPSA) is 209 Å². The largest absolute Gasteiger partial charge is 0.477 e. The number of ether oxygens (including phenoxy) is 3. The second-order valence-electron chi connectivity index (χ2n) is 6.61. The number of carbonyl (C=O) groups excluding carboxylic acids is 3. The van der Waals surface area contributed by atoms with Crippen LogP contribution in [-0.4, -0.2) is 98.3 Å². The van der Waals surface area contributed by atoms with E-state index in [1.807, 2.05) is 0 Å². The predicted molar refractivity (Wildman–Crippen MR) is 89.9 cm³/mol. The van der Waals surface area contributed by atoms with Crippen LogP contribution in [0.25, 0.3) is 0 Å². The van der Waals surface area contributed by atoms with E-state index in [-0.39, 0.29) is 0 Å². The lowest BCUT2D eigenvalue weighted by molar-refractivity contribution is -0.295. The van der Waals surface area contributed by atoms with Crippen molar-refractivity contribution >= 4 is 23.8 Å². The zero-order chi connectivity index (χ0) is 22.5. The minimum atomic E-state index is -2.91. The zero-order valence-electron chi connectivity index (χ0n) is 16.0. The molecule has 0 spiro atoms. The van der Waals surface area contributed by atoms with Gasteiger partial charge in [0, 0.05) is 20.3 Å². The highest BCUT2D eigenvalue weighted by atomic mass is 16.7. The van der Waals surface area contributed by atoms with Crippen molar-refractivity contribution in [1.82, 2.24) is 5.32 Å². The van der Waals surface area contributed by atoms with Crippen LogP contribution in [-0.2, 0) is 33.4 Å². The molecule has 1 fully saturated rings. The molecule has 1 amide bonds. The number of esters is 2. The monoisotopic (exact) mass is 423 g/mol. The molecule has 0 radical (unpaired) electrons. The molecule has 1 aliphatic heterocycles. The Morgan fingerprint density at radius 2 is 1.83 bits per heavy atom. The third-order valence-electron chi connectivity index (χ3n) is 4.06.